The van der Waals surface area contributed by atoms with Crippen LogP contribution in [-0.2, 0) is 6.54 Å². The van der Waals surface area contributed by atoms with Crippen molar-refractivity contribution in [3.63, 3.8) is 0 Å². The quantitative estimate of drug-likeness (QED) is 0.673. The third-order valence-corrected chi connectivity index (χ3v) is 4.12. The predicted octanol–water partition coefficient (Wildman–Crippen LogP) is 4.18. The maximum absolute atomic E-state index is 12.5. The molecule has 0 unspecified atom stereocenters. The predicted molar refractivity (Wildman–Crippen MR) is 102 cm³/mol. The molecule has 2 aromatic carbocycles. The number of ether oxygens (including phenoxy) is 1. The SMILES string of the molecule is Cc1cccc(-c2ccc(C(=O)NCc3ccccc3OC(F)(F)F)c(=O)[nH]2)c1. The number of rotatable bonds is 5. The van der Waals surface area contributed by atoms with Crippen molar-refractivity contribution in [1.82, 2.24) is 10.3 Å². The molecule has 150 valence electrons. The molecular weight excluding hydrogens is 385 g/mol. The monoisotopic (exact) mass is 402 g/mol. The molecule has 0 radical (unpaired) electrons. The second-order valence-corrected chi connectivity index (χ2v) is 6.32. The lowest BCUT2D eigenvalue weighted by molar-refractivity contribution is -0.274. The Morgan fingerprint density at radius 3 is 2.52 bits per heavy atom. The van der Waals surface area contributed by atoms with E-state index in [1.807, 2.05) is 31.2 Å². The Morgan fingerprint density at radius 2 is 1.83 bits per heavy atom. The molecule has 0 fully saturated rings. The number of pyridine rings is 1. The van der Waals surface area contributed by atoms with Gasteiger partial charge in [-0.05, 0) is 36.8 Å². The molecule has 8 heteroatoms. The van der Waals surface area contributed by atoms with E-state index < -0.39 is 23.6 Å². The van der Waals surface area contributed by atoms with Gasteiger partial charge in [-0.3, -0.25) is 9.59 Å². The van der Waals surface area contributed by atoms with Gasteiger partial charge in [-0.15, -0.1) is 13.2 Å². The van der Waals surface area contributed by atoms with Crippen molar-refractivity contribution in [2.75, 3.05) is 0 Å². The summed E-state index contributed by atoms with van der Waals surface area (Å²) in [7, 11) is 0. The van der Waals surface area contributed by atoms with Gasteiger partial charge in [0.25, 0.3) is 11.5 Å². The Balaban J connectivity index is 1.75. The van der Waals surface area contributed by atoms with E-state index in [-0.39, 0.29) is 17.7 Å². The third-order valence-electron chi connectivity index (χ3n) is 4.12. The van der Waals surface area contributed by atoms with Crippen LogP contribution in [0.5, 0.6) is 5.75 Å². The summed E-state index contributed by atoms with van der Waals surface area (Å²) in [4.78, 5) is 27.3. The second-order valence-electron chi connectivity index (χ2n) is 6.32. The van der Waals surface area contributed by atoms with Crippen LogP contribution in [-0.4, -0.2) is 17.3 Å². The topological polar surface area (TPSA) is 71.2 Å². The Hall–Kier alpha value is -3.55. The highest BCUT2D eigenvalue weighted by Gasteiger charge is 2.32. The van der Waals surface area contributed by atoms with Crippen LogP contribution in [0, 0.1) is 6.92 Å². The average Bonchev–Trinajstić information content (AvgIpc) is 2.66. The van der Waals surface area contributed by atoms with Crippen molar-refractivity contribution < 1.29 is 22.7 Å². The number of aromatic amines is 1. The zero-order valence-corrected chi connectivity index (χ0v) is 15.3. The van der Waals surface area contributed by atoms with Crippen LogP contribution in [0.2, 0.25) is 0 Å². The summed E-state index contributed by atoms with van der Waals surface area (Å²) in [6, 6.07) is 15.9. The summed E-state index contributed by atoms with van der Waals surface area (Å²) in [5.74, 6) is -1.12. The summed E-state index contributed by atoms with van der Waals surface area (Å²) >= 11 is 0. The lowest BCUT2D eigenvalue weighted by atomic mass is 10.1. The van der Waals surface area contributed by atoms with Crippen LogP contribution in [0.15, 0.2) is 65.5 Å². The number of aromatic nitrogens is 1. The number of benzene rings is 2. The average molecular weight is 402 g/mol. The Labute approximate surface area is 164 Å². The third kappa shape index (κ3) is 5.25. The number of amides is 1. The first-order valence-electron chi connectivity index (χ1n) is 8.65. The molecule has 0 aliphatic rings. The van der Waals surface area contributed by atoms with Gasteiger partial charge in [0.05, 0.1) is 0 Å². The standard InChI is InChI=1S/C21H17F3N2O3/c1-13-5-4-7-14(11-13)17-10-9-16(20(28)26-17)19(27)25-12-15-6-2-3-8-18(15)29-21(22,23)24/h2-11H,12H2,1H3,(H,25,27)(H,26,28). The number of hydrogen-bond acceptors (Lipinski definition) is 3. The van der Waals surface area contributed by atoms with Gasteiger partial charge < -0.3 is 15.0 Å². The van der Waals surface area contributed by atoms with Gasteiger partial charge in [-0.2, -0.15) is 0 Å². The van der Waals surface area contributed by atoms with E-state index in [2.05, 4.69) is 15.0 Å². The van der Waals surface area contributed by atoms with Crippen LogP contribution in [0.1, 0.15) is 21.5 Å². The van der Waals surface area contributed by atoms with Gasteiger partial charge in [0, 0.05) is 17.8 Å². The number of nitrogens with one attached hydrogen (secondary N) is 2. The van der Waals surface area contributed by atoms with Crippen LogP contribution >= 0.6 is 0 Å². The van der Waals surface area contributed by atoms with Gasteiger partial charge in [0.1, 0.15) is 11.3 Å². The number of para-hydroxylation sites is 1. The molecule has 0 saturated carbocycles. The van der Waals surface area contributed by atoms with E-state index in [9.17, 15) is 22.8 Å². The van der Waals surface area contributed by atoms with Crippen LogP contribution in [0.25, 0.3) is 11.3 Å². The molecule has 0 aliphatic heterocycles. The summed E-state index contributed by atoms with van der Waals surface area (Å²) in [5, 5.41) is 2.44. The first kappa shape index (κ1) is 20.2. The highest BCUT2D eigenvalue weighted by molar-refractivity contribution is 5.94. The lowest BCUT2D eigenvalue weighted by Crippen LogP contribution is -2.29. The molecule has 1 aromatic heterocycles. The van der Waals surface area contributed by atoms with Crippen molar-refractivity contribution in [3.05, 3.63) is 87.7 Å². The Morgan fingerprint density at radius 1 is 1.07 bits per heavy atom. The molecule has 0 spiro atoms. The highest BCUT2D eigenvalue weighted by atomic mass is 19.4. The molecule has 5 nitrogen and oxygen atoms in total. The van der Waals surface area contributed by atoms with E-state index in [1.54, 1.807) is 6.07 Å². The number of alkyl halides is 3. The smallest absolute Gasteiger partial charge is 0.405 e. The van der Waals surface area contributed by atoms with Gasteiger partial charge in [0.2, 0.25) is 0 Å². The normalized spacial score (nSPS) is 11.2. The minimum absolute atomic E-state index is 0.131. The van der Waals surface area contributed by atoms with E-state index in [4.69, 9.17) is 0 Å². The van der Waals surface area contributed by atoms with E-state index in [1.165, 1.54) is 24.3 Å². The number of aryl methyl sites for hydroxylation is 1. The molecule has 29 heavy (non-hydrogen) atoms. The Kier molecular flexibility index (Phi) is 5.72. The first-order valence-corrected chi connectivity index (χ1v) is 8.65. The van der Waals surface area contributed by atoms with Crippen molar-refractivity contribution in [1.29, 1.82) is 0 Å². The fourth-order valence-electron chi connectivity index (χ4n) is 2.78. The maximum Gasteiger partial charge on any atom is 0.573 e. The minimum Gasteiger partial charge on any atom is -0.405 e. The van der Waals surface area contributed by atoms with Crippen LogP contribution in [0.4, 0.5) is 13.2 Å². The van der Waals surface area contributed by atoms with Crippen molar-refractivity contribution in [2.24, 2.45) is 0 Å². The van der Waals surface area contributed by atoms with Crippen molar-refractivity contribution in [2.45, 2.75) is 19.8 Å². The van der Waals surface area contributed by atoms with E-state index in [0.29, 0.717) is 5.69 Å². The second kappa shape index (κ2) is 8.22. The molecule has 3 rings (SSSR count). The minimum atomic E-state index is -4.84. The zero-order chi connectivity index (χ0) is 21.0. The molecule has 3 aromatic rings. The first-order chi connectivity index (χ1) is 13.7. The summed E-state index contributed by atoms with van der Waals surface area (Å²) in [5.41, 5.74) is 1.76. The number of halogens is 3. The van der Waals surface area contributed by atoms with Crippen molar-refractivity contribution in [3.8, 4) is 17.0 Å². The molecule has 0 saturated heterocycles. The fraction of sp³-hybridized carbons (Fsp3) is 0.143. The van der Waals surface area contributed by atoms with Gasteiger partial charge in [0.15, 0.2) is 0 Å². The zero-order valence-electron chi connectivity index (χ0n) is 15.3. The van der Waals surface area contributed by atoms with Gasteiger partial charge in [-0.25, -0.2) is 0 Å². The summed E-state index contributed by atoms with van der Waals surface area (Å²) in [6.07, 6.45) is -4.84. The number of carbonyl (C=O) groups is 1. The van der Waals surface area contributed by atoms with Gasteiger partial charge in [-0.1, -0.05) is 42.0 Å². The fourth-order valence-corrected chi connectivity index (χ4v) is 2.78. The van der Waals surface area contributed by atoms with Crippen LogP contribution < -0.4 is 15.6 Å². The summed E-state index contributed by atoms with van der Waals surface area (Å²) < 4.78 is 41.4. The highest BCUT2D eigenvalue weighted by Crippen LogP contribution is 2.26. The lowest BCUT2D eigenvalue weighted by Gasteiger charge is -2.13. The summed E-state index contributed by atoms with van der Waals surface area (Å²) in [6.45, 7) is 1.69. The molecule has 1 amide bonds. The molecule has 0 bridgehead atoms. The Bertz CT molecular complexity index is 1090. The molecule has 1 heterocycles. The van der Waals surface area contributed by atoms with Gasteiger partial charge >= 0.3 is 6.36 Å². The molecule has 0 aliphatic carbocycles. The number of H-pyrrole nitrogens is 1. The molecular formula is C21H17F3N2O3. The number of hydrogen-bond donors (Lipinski definition) is 2. The maximum atomic E-state index is 12.5. The molecule has 2 N–H and O–H groups in total. The molecule has 0 atom stereocenters. The largest absolute Gasteiger partial charge is 0.573 e. The van der Waals surface area contributed by atoms with Crippen molar-refractivity contribution >= 4 is 5.91 Å². The van der Waals surface area contributed by atoms with E-state index in [0.717, 1.165) is 17.2 Å². The van der Waals surface area contributed by atoms with Crippen LogP contribution in [0.3, 0.4) is 0 Å². The number of carbonyl (C=O) groups excluding carboxylic acids is 1. The van der Waals surface area contributed by atoms with E-state index >= 15 is 0 Å².